The quantitative estimate of drug-likeness (QED) is 0.778. The van der Waals surface area contributed by atoms with Gasteiger partial charge in [0.15, 0.2) is 0 Å². The second-order valence-electron chi connectivity index (χ2n) is 2.79. The summed E-state index contributed by atoms with van der Waals surface area (Å²) in [5.74, 6) is -0.898. The molecule has 1 rings (SSSR count). The van der Waals surface area contributed by atoms with E-state index in [9.17, 15) is 12.8 Å². The molecule has 0 N–H and O–H groups in total. The average Bonchev–Trinajstić information content (AvgIpc) is 2.08. The van der Waals surface area contributed by atoms with E-state index in [-0.39, 0.29) is 5.75 Å². The van der Waals surface area contributed by atoms with Crippen molar-refractivity contribution >= 4 is 31.3 Å². The van der Waals surface area contributed by atoms with E-state index < -0.39 is 24.8 Å². The Morgan fingerprint density at radius 3 is 2.40 bits per heavy atom. The molecular formula is C8H7Cl2FO3S. The van der Waals surface area contributed by atoms with Gasteiger partial charge in [0.1, 0.15) is 21.5 Å². The van der Waals surface area contributed by atoms with Crippen molar-refractivity contribution in [2.45, 2.75) is 11.8 Å². The lowest BCUT2D eigenvalue weighted by Gasteiger charge is -2.11. The standard InChI is InChI=1S/C8H7Cl2FO3S/c1-4-3-5(11)6(9)8(7(4)14-2)15(10,12)13/h3H,1-2H3. The number of benzene rings is 1. The van der Waals surface area contributed by atoms with Crippen LogP contribution in [0.2, 0.25) is 5.02 Å². The maximum absolute atomic E-state index is 13.2. The second kappa shape index (κ2) is 4.15. The van der Waals surface area contributed by atoms with Gasteiger partial charge in [-0.2, -0.15) is 0 Å². The third-order valence-corrected chi connectivity index (χ3v) is 3.59. The van der Waals surface area contributed by atoms with Crippen LogP contribution in [0, 0.1) is 12.7 Å². The first-order valence-corrected chi connectivity index (χ1v) is 6.45. The predicted molar refractivity (Wildman–Crippen MR) is 55.7 cm³/mol. The summed E-state index contributed by atoms with van der Waals surface area (Å²) in [5.41, 5.74) is 0.304. The van der Waals surface area contributed by atoms with E-state index >= 15 is 0 Å². The predicted octanol–water partition coefficient (Wildman–Crippen LogP) is 2.72. The molecule has 3 nitrogen and oxygen atoms in total. The number of hydrogen-bond acceptors (Lipinski definition) is 3. The Morgan fingerprint density at radius 1 is 1.47 bits per heavy atom. The van der Waals surface area contributed by atoms with Gasteiger partial charge in [-0.05, 0) is 18.6 Å². The minimum absolute atomic E-state index is 0.0450. The normalized spacial score (nSPS) is 11.5. The van der Waals surface area contributed by atoms with Gasteiger partial charge in [-0.3, -0.25) is 0 Å². The van der Waals surface area contributed by atoms with E-state index in [0.29, 0.717) is 5.56 Å². The van der Waals surface area contributed by atoms with Gasteiger partial charge >= 0.3 is 0 Å². The second-order valence-corrected chi connectivity index (χ2v) is 5.67. The molecule has 0 amide bonds. The number of aryl methyl sites for hydroxylation is 1. The highest BCUT2D eigenvalue weighted by atomic mass is 35.7. The topological polar surface area (TPSA) is 43.4 Å². The Hall–Kier alpha value is -0.520. The third-order valence-electron chi connectivity index (χ3n) is 1.76. The van der Waals surface area contributed by atoms with Gasteiger partial charge in [-0.15, -0.1) is 0 Å². The lowest BCUT2D eigenvalue weighted by atomic mass is 10.2. The molecule has 0 aliphatic heterocycles. The fourth-order valence-electron chi connectivity index (χ4n) is 1.18. The van der Waals surface area contributed by atoms with Crippen LogP contribution in [0.4, 0.5) is 4.39 Å². The van der Waals surface area contributed by atoms with Crippen molar-refractivity contribution in [2.24, 2.45) is 0 Å². The molecule has 0 bridgehead atoms. The number of hydrogen-bond donors (Lipinski definition) is 0. The van der Waals surface area contributed by atoms with E-state index in [1.165, 1.54) is 14.0 Å². The molecule has 0 heterocycles. The summed E-state index contributed by atoms with van der Waals surface area (Å²) in [6.07, 6.45) is 0. The summed E-state index contributed by atoms with van der Waals surface area (Å²) in [7, 11) is 2.24. The summed E-state index contributed by atoms with van der Waals surface area (Å²) >= 11 is 5.52. The van der Waals surface area contributed by atoms with E-state index in [0.717, 1.165) is 6.07 Å². The molecular weight excluding hydrogens is 266 g/mol. The zero-order valence-electron chi connectivity index (χ0n) is 7.84. The van der Waals surface area contributed by atoms with Gasteiger partial charge in [-0.1, -0.05) is 11.6 Å². The van der Waals surface area contributed by atoms with Crippen LogP contribution >= 0.6 is 22.3 Å². The number of halogens is 3. The van der Waals surface area contributed by atoms with E-state index in [1.807, 2.05) is 0 Å². The molecule has 0 unspecified atom stereocenters. The fraction of sp³-hybridized carbons (Fsp3) is 0.250. The van der Waals surface area contributed by atoms with Crippen LogP contribution in [-0.4, -0.2) is 15.5 Å². The first-order chi connectivity index (χ1) is 6.79. The summed E-state index contributed by atoms with van der Waals surface area (Å²) in [4.78, 5) is -0.536. The SMILES string of the molecule is COc1c(C)cc(F)c(Cl)c1S(=O)(=O)Cl. The maximum Gasteiger partial charge on any atom is 0.266 e. The van der Waals surface area contributed by atoms with Crippen LogP contribution in [0.15, 0.2) is 11.0 Å². The first kappa shape index (κ1) is 12.5. The summed E-state index contributed by atoms with van der Waals surface area (Å²) in [6, 6.07) is 1.08. The van der Waals surface area contributed by atoms with Gasteiger partial charge in [0.05, 0.1) is 7.11 Å². The minimum Gasteiger partial charge on any atom is -0.495 e. The highest BCUT2D eigenvalue weighted by Crippen LogP contribution is 2.37. The van der Waals surface area contributed by atoms with Crippen LogP contribution in [0.25, 0.3) is 0 Å². The molecule has 0 aliphatic carbocycles. The van der Waals surface area contributed by atoms with Crippen molar-refractivity contribution in [2.75, 3.05) is 7.11 Å². The number of rotatable bonds is 2. The number of methoxy groups -OCH3 is 1. The molecule has 7 heteroatoms. The van der Waals surface area contributed by atoms with E-state index in [2.05, 4.69) is 0 Å². The Morgan fingerprint density at radius 2 is 2.00 bits per heavy atom. The van der Waals surface area contributed by atoms with Crippen LogP contribution in [0.5, 0.6) is 5.75 Å². The van der Waals surface area contributed by atoms with Crippen molar-refractivity contribution in [3.05, 3.63) is 22.5 Å². The number of ether oxygens (including phenoxy) is 1. The average molecular weight is 273 g/mol. The van der Waals surface area contributed by atoms with Crippen LogP contribution < -0.4 is 4.74 Å². The fourth-order valence-corrected chi connectivity index (χ4v) is 2.96. The molecule has 84 valence electrons. The molecule has 0 atom stereocenters. The molecule has 0 aromatic heterocycles. The van der Waals surface area contributed by atoms with Gasteiger partial charge in [0.2, 0.25) is 0 Å². The molecule has 0 fully saturated rings. The van der Waals surface area contributed by atoms with Crippen LogP contribution in [-0.2, 0) is 9.05 Å². The Labute approximate surface area is 96.2 Å². The van der Waals surface area contributed by atoms with E-state index in [1.54, 1.807) is 0 Å². The summed E-state index contributed by atoms with van der Waals surface area (Å²) < 4.78 is 40.3. The molecule has 0 spiro atoms. The lowest BCUT2D eigenvalue weighted by molar-refractivity contribution is 0.398. The largest absolute Gasteiger partial charge is 0.495 e. The van der Waals surface area contributed by atoms with Crippen molar-refractivity contribution in [1.29, 1.82) is 0 Å². The third kappa shape index (κ3) is 2.35. The van der Waals surface area contributed by atoms with Gasteiger partial charge in [0.25, 0.3) is 9.05 Å². The molecule has 0 saturated carbocycles. The molecule has 15 heavy (non-hydrogen) atoms. The van der Waals surface area contributed by atoms with E-state index in [4.69, 9.17) is 27.0 Å². The van der Waals surface area contributed by atoms with Crippen LogP contribution in [0.3, 0.4) is 0 Å². The molecule has 0 radical (unpaired) electrons. The molecule has 0 aliphatic rings. The summed E-state index contributed by atoms with van der Waals surface area (Å²) in [5, 5.41) is -0.563. The zero-order valence-corrected chi connectivity index (χ0v) is 10.2. The Kier molecular flexibility index (Phi) is 3.48. The van der Waals surface area contributed by atoms with Gasteiger partial charge in [0, 0.05) is 10.7 Å². The van der Waals surface area contributed by atoms with Crippen molar-refractivity contribution < 1.29 is 17.5 Å². The monoisotopic (exact) mass is 272 g/mol. The van der Waals surface area contributed by atoms with Crippen molar-refractivity contribution in [1.82, 2.24) is 0 Å². The molecule has 0 saturated heterocycles. The first-order valence-electron chi connectivity index (χ1n) is 3.76. The zero-order chi connectivity index (χ0) is 11.8. The van der Waals surface area contributed by atoms with Gasteiger partial charge < -0.3 is 4.74 Å². The Bertz CT molecular complexity index is 499. The van der Waals surface area contributed by atoms with Crippen molar-refractivity contribution in [3.8, 4) is 5.75 Å². The Balaban J connectivity index is 3.74. The minimum atomic E-state index is -4.15. The van der Waals surface area contributed by atoms with Crippen LogP contribution in [0.1, 0.15) is 5.56 Å². The molecule has 1 aromatic carbocycles. The highest BCUT2D eigenvalue weighted by molar-refractivity contribution is 8.14. The smallest absolute Gasteiger partial charge is 0.266 e. The highest BCUT2D eigenvalue weighted by Gasteiger charge is 2.25. The summed E-state index contributed by atoms with van der Waals surface area (Å²) in [6.45, 7) is 1.49. The lowest BCUT2D eigenvalue weighted by Crippen LogP contribution is -2.01. The molecule has 1 aromatic rings. The van der Waals surface area contributed by atoms with Gasteiger partial charge in [-0.25, -0.2) is 12.8 Å². The maximum atomic E-state index is 13.2. The van der Waals surface area contributed by atoms with Crippen molar-refractivity contribution in [3.63, 3.8) is 0 Å².